The van der Waals surface area contributed by atoms with Crippen molar-refractivity contribution in [1.29, 1.82) is 0 Å². The quantitative estimate of drug-likeness (QED) is 0.752. The Hall–Kier alpha value is -2.03. The van der Waals surface area contributed by atoms with E-state index in [0.717, 1.165) is 16.9 Å². The summed E-state index contributed by atoms with van der Waals surface area (Å²) in [4.78, 5) is 10.6. The van der Waals surface area contributed by atoms with Crippen molar-refractivity contribution < 1.29 is 13.9 Å². The van der Waals surface area contributed by atoms with Crippen LogP contribution in [0.1, 0.15) is 41.4 Å². The molecule has 0 aliphatic heterocycles. The summed E-state index contributed by atoms with van der Waals surface area (Å²) in [5.41, 5.74) is 2.24. The summed E-state index contributed by atoms with van der Waals surface area (Å²) in [6.07, 6.45) is 0.659. The molecule has 1 aromatic carbocycles. The molecule has 0 unspecified atom stereocenters. The average molecular weight is 244 g/mol. The van der Waals surface area contributed by atoms with Gasteiger partial charge in [0.15, 0.2) is 12.0 Å². The number of aldehydes is 1. The minimum Gasteiger partial charge on any atom is -0.426 e. The van der Waals surface area contributed by atoms with Gasteiger partial charge in [-0.1, -0.05) is 26.0 Å². The zero-order chi connectivity index (χ0) is 13.1. The smallest absolute Gasteiger partial charge is 0.290 e. The van der Waals surface area contributed by atoms with Crippen molar-refractivity contribution in [3.63, 3.8) is 0 Å². The normalized spacial score (nSPS) is 10.7. The molecule has 2 aromatic rings. The molecule has 0 saturated heterocycles. The van der Waals surface area contributed by atoms with Crippen molar-refractivity contribution >= 4 is 6.29 Å². The van der Waals surface area contributed by atoms with E-state index in [1.807, 2.05) is 13.0 Å². The first-order chi connectivity index (χ1) is 8.60. The molecule has 2 rings (SSSR count). The van der Waals surface area contributed by atoms with E-state index in [9.17, 15) is 4.79 Å². The van der Waals surface area contributed by atoms with Gasteiger partial charge in [0.05, 0.1) is 0 Å². The fraction of sp³-hybridized carbons (Fsp3) is 0.267. The number of hydrogen-bond acceptors (Lipinski definition) is 3. The predicted octanol–water partition coefficient (Wildman–Crippen LogP) is 4.32. The fourth-order valence-corrected chi connectivity index (χ4v) is 1.77. The van der Waals surface area contributed by atoms with Crippen molar-refractivity contribution in [3.8, 4) is 11.7 Å². The second kappa shape index (κ2) is 5.08. The second-order valence-electron chi connectivity index (χ2n) is 4.57. The van der Waals surface area contributed by atoms with Gasteiger partial charge in [-0.25, -0.2) is 0 Å². The number of benzene rings is 1. The highest BCUT2D eigenvalue weighted by atomic mass is 16.6. The molecule has 0 bridgehead atoms. The molecule has 0 saturated carbocycles. The molecule has 0 aliphatic carbocycles. The summed E-state index contributed by atoms with van der Waals surface area (Å²) in [7, 11) is 0. The van der Waals surface area contributed by atoms with E-state index in [1.54, 1.807) is 12.1 Å². The third kappa shape index (κ3) is 2.62. The fourth-order valence-electron chi connectivity index (χ4n) is 1.77. The zero-order valence-corrected chi connectivity index (χ0v) is 10.8. The van der Waals surface area contributed by atoms with Crippen LogP contribution in [-0.2, 0) is 0 Å². The molecule has 0 atom stereocenters. The molecule has 1 aromatic heterocycles. The van der Waals surface area contributed by atoms with E-state index in [4.69, 9.17) is 9.15 Å². The second-order valence-corrected chi connectivity index (χ2v) is 4.57. The lowest BCUT2D eigenvalue weighted by Gasteiger charge is -2.12. The Labute approximate surface area is 106 Å². The van der Waals surface area contributed by atoms with Crippen molar-refractivity contribution in [1.82, 2.24) is 0 Å². The Morgan fingerprint density at radius 2 is 2.00 bits per heavy atom. The number of rotatable bonds is 4. The first-order valence-electron chi connectivity index (χ1n) is 5.93. The van der Waals surface area contributed by atoms with Gasteiger partial charge in [-0.2, -0.15) is 0 Å². The summed E-state index contributed by atoms with van der Waals surface area (Å²) in [5.74, 6) is 1.74. The van der Waals surface area contributed by atoms with Gasteiger partial charge in [-0.05, 0) is 36.1 Å². The molecule has 94 valence electrons. The number of hydrogen-bond donors (Lipinski definition) is 0. The van der Waals surface area contributed by atoms with Crippen molar-refractivity contribution in [3.05, 3.63) is 47.2 Å². The maximum absolute atomic E-state index is 10.6. The Morgan fingerprint density at radius 3 is 2.61 bits per heavy atom. The van der Waals surface area contributed by atoms with Gasteiger partial charge >= 0.3 is 0 Å². The van der Waals surface area contributed by atoms with Crippen molar-refractivity contribution in [2.75, 3.05) is 0 Å². The minimum absolute atomic E-state index is 0.267. The van der Waals surface area contributed by atoms with Crippen LogP contribution in [0.3, 0.4) is 0 Å². The van der Waals surface area contributed by atoms with Crippen LogP contribution < -0.4 is 4.74 Å². The molecule has 0 spiro atoms. The summed E-state index contributed by atoms with van der Waals surface area (Å²) in [6.45, 7) is 6.23. The summed E-state index contributed by atoms with van der Waals surface area (Å²) in [5, 5.41) is 0. The number of ether oxygens (including phenoxy) is 1. The number of carbonyl (C=O) groups is 1. The van der Waals surface area contributed by atoms with Crippen molar-refractivity contribution in [2.45, 2.75) is 26.7 Å². The maximum atomic E-state index is 10.6. The Morgan fingerprint density at radius 1 is 1.22 bits per heavy atom. The SMILES string of the molecule is Cc1ccc(C(C)C)c(Oc2ccc(C=O)o2)c1. The van der Waals surface area contributed by atoms with Gasteiger partial charge in [-0.15, -0.1) is 0 Å². The first kappa shape index (κ1) is 12.4. The predicted molar refractivity (Wildman–Crippen MR) is 69.4 cm³/mol. The highest BCUT2D eigenvalue weighted by molar-refractivity contribution is 5.70. The summed E-state index contributed by atoms with van der Waals surface area (Å²) >= 11 is 0. The molecule has 0 aliphatic rings. The number of carbonyl (C=O) groups excluding carboxylic acids is 1. The molecule has 3 nitrogen and oxygen atoms in total. The largest absolute Gasteiger partial charge is 0.426 e. The van der Waals surface area contributed by atoms with Crippen LogP contribution in [0.4, 0.5) is 0 Å². The van der Waals surface area contributed by atoms with E-state index < -0.39 is 0 Å². The first-order valence-corrected chi connectivity index (χ1v) is 5.93. The zero-order valence-electron chi connectivity index (χ0n) is 10.8. The van der Waals surface area contributed by atoms with Gasteiger partial charge < -0.3 is 9.15 Å². The minimum atomic E-state index is 0.267. The molecule has 0 N–H and O–H groups in total. The third-order valence-corrected chi connectivity index (χ3v) is 2.72. The lowest BCUT2D eigenvalue weighted by Crippen LogP contribution is -1.94. The third-order valence-electron chi connectivity index (χ3n) is 2.72. The molecular formula is C15H16O3. The molecule has 3 heteroatoms. The van der Waals surface area contributed by atoms with E-state index in [-0.39, 0.29) is 5.76 Å². The van der Waals surface area contributed by atoms with E-state index >= 15 is 0 Å². The van der Waals surface area contributed by atoms with Crippen LogP contribution in [0.5, 0.6) is 11.7 Å². The Balaban J connectivity index is 2.32. The average Bonchev–Trinajstić information content (AvgIpc) is 2.76. The van der Waals surface area contributed by atoms with Gasteiger partial charge in [0, 0.05) is 6.07 Å². The van der Waals surface area contributed by atoms with Gasteiger partial charge in [0.1, 0.15) is 5.75 Å². The lowest BCUT2D eigenvalue weighted by molar-refractivity contribution is 0.109. The van der Waals surface area contributed by atoms with Gasteiger partial charge in [0.25, 0.3) is 5.95 Å². The Kier molecular flexibility index (Phi) is 3.51. The van der Waals surface area contributed by atoms with Gasteiger partial charge in [-0.3, -0.25) is 4.79 Å². The van der Waals surface area contributed by atoms with Crippen LogP contribution >= 0.6 is 0 Å². The highest BCUT2D eigenvalue weighted by Crippen LogP contribution is 2.32. The lowest BCUT2D eigenvalue weighted by atomic mass is 10.0. The molecule has 0 radical (unpaired) electrons. The molecule has 1 heterocycles. The molecule has 0 amide bonds. The monoisotopic (exact) mass is 244 g/mol. The standard InChI is InChI=1S/C15H16O3/c1-10(2)13-6-4-11(3)8-14(13)18-15-7-5-12(9-16)17-15/h4-10H,1-3H3. The van der Waals surface area contributed by atoms with Crippen LogP contribution in [0.15, 0.2) is 34.7 Å². The Bertz CT molecular complexity index is 553. The maximum Gasteiger partial charge on any atom is 0.290 e. The van der Waals surface area contributed by atoms with Crippen molar-refractivity contribution in [2.24, 2.45) is 0 Å². The van der Waals surface area contributed by atoms with Crippen LogP contribution in [-0.4, -0.2) is 6.29 Å². The van der Waals surface area contributed by atoms with Crippen LogP contribution in [0.25, 0.3) is 0 Å². The van der Waals surface area contributed by atoms with Crippen LogP contribution in [0, 0.1) is 6.92 Å². The molecule has 0 fully saturated rings. The summed E-state index contributed by atoms with van der Waals surface area (Å²) in [6, 6.07) is 9.32. The molecule has 18 heavy (non-hydrogen) atoms. The summed E-state index contributed by atoms with van der Waals surface area (Å²) < 4.78 is 10.9. The molecular weight excluding hydrogens is 228 g/mol. The highest BCUT2D eigenvalue weighted by Gasteiger charge is 2.11. The van der Waals surface area contributed by atoms with E-state index in [0.29, 0.717) is 18.2 Å². The van der Waals surface area contributed by atoms with E-state index in [1.165, 1.54) is 0 Å². The van der Waals surface area contributed by atoms with E-state index in [2.05, 4.69) is 26.0 Å². The van der Waals surface area contributed by atoms with Crippen LogP contribution in [0.2, 0.25) is 0 Å². The number of furan rings is 1. The topological polar surface area (TPSA) is 39.4 Å². The number of aryl methyl sites for hydroxylation is 1. The van der Waals surface area contributed by atoms with Gasteiger partial charge in [0.2, 0.25) is 0 Å².